The number of ether oxygens (including phenoxy) is 5. The summed E-state index contributed by atoms with van der Waals surface area (Å²) in [4.78, 5) is 62.1. The van der Waals surface area contributed by atoms with Gasteiger partial charge in [0.1, 0.15) is 24.4 Å². The Morgan fingerprint density at radius 2 is 1.51 bits per heavy atom. The van der Waals surface area contributed by atoms with E-state index in [9.17, 15) is 29.1 Å². The van der Waals surface area contributed by atoms with Gasteiger partial charge in [0.05, 0.1) is 11.3 Å². The molecule has 3 rings (SSSR count). The molecule has 9 unspecified atom stereocenters. The standard InChI is InChI=1S/C28H38O11/c1-13-9-10-21(36-17(5)30)27(8)22(37-18(6)31)12-20(35-16(4)29)14(2)11-23-28(34,15(3)26(33)39-23)25(24(13)27)38-19(7)32/h11,15,20-25,34H,1,9-10,12H2,2-8H3. The Bertz CT molecular complexity index is 1090. The quantitative estimate of drug-likeness (QED) is 0.312. The summed E-state index contributed by atoms with van der Waals surface area (Å²) in [6, 6.07) is 0. The zero-order valence-electron chi connectivity index (χ0n) is 23.5. The Kier molecular flexibility index (Phi) is 8.64. The molecule has 1 aliphatic heterocycles. The molecule has 9 atom stereocenters. The van der Waals surface area contributed by atoms with E-state index in [4.69, 9.17) is 23.7 Å². The van der Waals surface area contributed by atoms with Gasteiger partial charge in [-0.15, -0.1) is 0 Å². The van der Waals surface area contributed by atoms with E-state index in [1.165, 1.54) is 40.7 Å². The van der Waals surface area contributed by atoms with Crippen LogP contribution in [0.25, 0.3) is 0 Å². The maximum atomic E-state index is 12.9. The zero-order chi connectivity index (χ0) is 29.4. The molecule has 0 aromatic carbocycles. The molecule has 216 valence electrons. The molecule has 1 saturated heterocycles. The highest BCUT2D eigenvalue weighted by atomic mass is 16.6. The highest BCUT2D eigenvalue weighted by Gasteiger charge is 2.67. The van der Waals surface area contributed by atoms with Crippen LogP contribution in [0.2, 0.25) is 0 Å². The van der Waals surface area contributed by atoms with Crippen molar-refractivity contribution < 1.29 is 52.8 Å². The molecule has 0 spiro atoms. The number of carbonyl (C=O) groups is 5. The Balaban J connectivity index is 2.41. The third-order valence-corrected chi connectivity index (χ3v) is 8.30. The summed E-state index contributed by atoms with van der Waals surface area (Å²) < 4.78 is 28.6. The second-order valence-electron chi connectivity index (χ2n) is 11.0. The van der Waals surface area contributed by atoms with Gasteiger partial charge < -0.3 is 28.8 Å². The van der Waals surface area contributed by atoms with Gasteiger partial charge in [0.15, 0.2) is 11.7 Å². The van der Waals surface area contributed by atoms with Crippen molar-refractivity contribution in [2.75, 3.05) is 0 Å². The highest BCUT2D eigenvalue weighted by Crippen LogP contribution is 2.56. The summed E-state index contributed by atoms with van der Waals surface area (Å²) in [5, 5.41) is 12.3. The SMILES string of the molecule is C=C1CCC(OC(C)=O)C2(C)C(OC(C)=O)CC(OC(C)=O)C(C)=CC3OC(=O)C(C)C3(O)C(OC(C)=O)C12. The molecule has 2 aliphatic carbocycles. The second kappa shape index (κ2) is 11.1. The molecule has 39 heavy (non-hydrogen) atoms. The Morgan fingerprint density at radius 1 is 0.974 bits per heavy atom. The average Bonchev–Trinajstić information content (AvgIpc) is 3.01. The van der Waals surface area contributed by atoms with Gasteiger partial charge in [-0.1, -0.05) is 19.1 Å². The van der Waals surface area contributed by atoms with Gasteiger partial charge >= 0.3 is 29.8 Å². The minimum Gasteiger partial charge on any atom is -0.462 e. The van der Waals surface area contributed by atoms with Gasteiger partial charge in [0.2, 0.25) is 0 Å². The topological polar surface area (TPSA) is 152 Å². The van der Waals surface area contributed by atoms with Crippen molar-refractivity contribution in [3.8, 4) is 0 Å². The van der Waals surface area contributed by atoms with Crippen molar-refractivity contribution >= 4 is 29.8 Å². The van der Waals surface area contributed by atoms with Crippen molar-refractivity contribution in [2.45, 2.75) is 104 Å². The van der Waals surface area contributed by atoms with Gasteiger partial charge in [-0.05, 0) is 38.3 Å². The fourth-order valence-corrected chi connectivity index (χ4v) is 6.40. The van der Waals surface area contributed by atoms with Crippen molar-refractivity contribution in [2.24, 2.45) is 17.3 Å². The Morgan fingerprint density at radius 3 is 2.05 bits per heavy atom. The normalized spacial score (nSPS) is 38.3. The first-order valence-electron chi connectivity index (χ1n) is 13.0. The highest BCUT2D eigenvalue weighted by molar-refractivity contribution is 5.78. The lowest BCUT2D eigenvalue weighted by molar-refractivity contribution is -0.221. The molecular formula is C28H38O11. The van der Waals surface area contributed by atoms with Crippen LogP contribution in [0, 0.1) is 17.3 Å². The van der Waals surface area contributed by atoms with Crippen LogP contribution in [0.5, 0.6) is 0 Å². The van der Waals surface area contributed by atoms with Crippen LogP contribution in [0.15, 0.2) is 23.8 Å². The molecule has 11 nitrogen and oxygen atoms in total. The van der Waals surface area contributed by atoms with Gasteiger partial charge in [-0.2, -0.15) is 0 Å². The van der Waals surface area contributed by atoms with E-state index in [0.29, 0.717) is 24.0 Å². The molecule has 3 aliphatic rings. The molecule has 11 heteroatoms. The summed E-state index contributed by atoms with van der Waals surface area (Å²) in [7, 11) is 0. The van der Waals surface area contributed by atoms with Crippen molar-refractivity contribution in [3.05, 3.63) is 23.8 Å². The molecule has 1 N–H and O–H groups in total. The lowest BCUT2D eigenvalue weighted by Crippen LogP contribution is -2.66. The van der Waals surface area contributed by atoms with Crippen LogP contribution in [0.3, 0.4) is 0 Å². The van der Waals surface area contributed by atoms with Crippen LogP contribution in [0.4, 0.5) is 0 Å². The molecule has 0 radical (unpaired) electrons. The minimum atomic E-state index is -2.10. The van der Waals surface area contributed by atoms with E-state index < -0.39 is 83.2 Å². The van der Waals surface area contributed by atoms with E-state index in [-0.39, 0.29) is 6.42 Å². The number of carbonyl (C=O) groups excluding carboxylic acids is 5. The van der Waals surface area contributed by atoms with E-state index in [2.05, 4.69) is 6.58 Å². The van der Waals surface area contributed by atoms with Gasteiger partial charge in [-0.3, -0.25) is 24.0 Å². The average molecular weight is 551 g/mol. The molecular weight excluding hydrogens is 512 g/mol. The minimum absolute atomic E-state index is 0.0546. The number of fused-ring (bicyclic) bond motifs is 2. The molecule has 1 saturated carbocycles. The molecule has 0 aromatic heterocycles. The number of esters is 5. The first-order valence-corrected chi connectivity index (χ1v) is 13.0. The van der Waals surface area contributed by atoms with E-state index in [1.54, 1.807) is 13.8 Å². The Labute approximate surface area is 227 Å². The number of hydrogen-bond acceptors (Lipinski definition) is 11. The third kappa shape index (κ3) is 5.59. The monoisotopic (exact) mass is 550 g/mol. The number of aliphatic hydroxyl groups is 1. The van der Waals surface area contributed by atoms with E-state index in [0.717, 1.165) is 0 Å². The van der Waals surface area contributed by atoms with Crippen LogP contribution < -0.4 is 0 Å². The molecule has 1 heterocycles. The lowest BCUT2D eigenvalue weighted by atomic mass is 9.54. The number of hydrogen-bond donors (Lipinski definition) is 1. The lowest BCUT2D eigenvalue weighted by Gasteiger charge is -2.55. The zero-order valence-corrected chi connectivity index (χ0v) is 23.5. The first kappa shape index (κ1) is 30.3. The molecule has 0 bridgehead atoms. The summed E-state index contributed by atoms with van der Waals surface area (Å²) in [6.45, 7) is 13.9. The summed E-state index contributed by atoms with van der Waals surface area (Å²) >= 11 is 0. The maximum absolute atomic E-state index is 12.9. The van der Waals surface area contributed by atoms with E-state index >= 15 is 0 Å². The van der Waals surface area contributed by atoms with Crippen LogP contribution >= 0.6 is 0 Å². The fourth-order valence-electron chi connectivity index (χ4n) is 6.40. The molecule has 2 fully saturated rings. The Hall–Kier alpha value is -3.21. The summed E-state index contributed by atoms with van der Waals surface area (Å²) in [5.41, 5.74) is -2.51. The van der Waals surface area contributed by atoms with Gasteiger partial charge in [0, 0.05) is 40.0 Å². The van der Waals surface area contributed by atoms with Gasteiger partial charge in [-0.25, -0.2) is 0 Å². The predicted octanol–water partition coefficient (Wildman–Crippen LogP) is 2.33. The maximum Gasteiger partial charge on any atom is 0.312 e. The smallest absolute Gasteiger partial charge is 0.312 e. The fraction of sp³-hybridized carbons (Fsp3) is 0.679. The van der Waals surface area contributed by atoms with Crippen LogP contribution in [-0.2, 0) is 47.7 Å². The number of rotatable bonds is 4. The van der Waals surface area contributed by atoms with Crippen molar-refractivity contribution in [1.29, 1.82) is 0 Å². The van der Waals surface area contributed by atoms with Crippen molar-refractivity contribution in [3.63, 3.8) is 0 Å². The largest absolute Gasteiger partial charge is 0.462 e. The van der Waals surface area contributed by atoms with Gasteiger partial charge in [0.25, 0.3) is 0 Å². The third-order valence-electron chi connectivity index (χ3n) is 8.30. The van der Waals surface area contributed by atoms with Crippen LogP contribution in [-0.4, -0.2) is 71.1 Å². The van der Waals surface area contributed by atoms with E-state index in [1.807, 2.05) is 0 Å². The summed E-state index contributed by atoms with van der Waals surface area (Å²) in [5.74, 6) is -5.42. The molecule has 0 aromatic rings. The summed E-state index contributed by atoms with van der Waals surface area (Å²) in [6.07, 6.45) is -3.56. The van der Waals surface area contributed by atoms with Crippen molar-refractivity contribution in [1.82, 2.24) is 0 Å². The van der Waals surface area contributed by atoms with Crippen LogP contribution in [0.1, 0.15) is 67.7 Å². The second-order valence-corrected chi connectivity index (χ2v) is 11.0. The predicted molar refractivity (Wildman–Crippen MR) is 135 cm³/mol. The molecule has 0 amide bonds. The first-order chi connectivity index (χ1) is 18.0.